The molecule has 1 saturated heterocycles. The second-order valence-corrected chi connectivity index (χ2v) is 9.09. The first kappa shape index (κ1) is 22.0. The van der Waals surface area contributed by atoms with Crippen LogP contribution in [0.3, 0.4) is 0 Å². The molecular formula is C25H22N4O4S. The summed E-state index contributed by atoms with van der Waals surface area (Å²) in [6, 6.07) is 18.1. The summed E-state index contributed by atoms with van der Waals surface area (Å²) in [5.41, 5.74) is 3.10. The van der Waals surface area contributed by atoms with Crippen molar-refractivity contribution in [2.45, 2.75) is 6.92 Å². The quantitative estimate of drug-likeness (QED) is 0.300. The molecule has 3 aromatic rings. The van der Waals surface area contributed by atoms with Crippen LogP contribution >= 0.6 is 11.8 Å². The number of thioether (sulfide) groups is 1. The van der Waals surface area contributed by atoms with Gasteiger partial charge in [-0.1, -0.05) is 30.3 Å². The Balaban J connectivity index is 1.25. The molecule has 172 valence electrons. The number of aryl methyl sites for hydroxylation is 1. The molecule has 0 aliphatic carbocycles. The lowest BCUT2D eigenvalue weighted by Gasteiger charge is -2.37. The maximum absolute atomic E-state index is 12.5. The van der Waals surface area contributed by atoms with Crippen molar-refractivity contribution >= 4 is 40.3 Å². The summed E-state index contributed by atoms with van der Waals surface area (Å²) < 4.78 is 5.83. The number of furan rings is 1. The maximum atomic E-state index is 12.5. The fourth-order valence-electron chi connectivity index (χ4n) is 4.08. The van der Waals surface area contributed by atoms with Gasteiger partial charge in [0.05, 0.1) is 9.83 Å². The van der Waals surface area contributed by atoms with Crippen LogP contribution in [0.4, 0.5) is 11.4 Å². The number of nitro benzene ring substituents is 1. The number of rotatable bonds is 4. The van der Waals surface area contributed by atoms with Crippen molar-refractivity contribution in [3.8, 4) is 11.3 Å². The second-order valence-electron chi connectivity index (χ2n) is 8.08. The van der Waals surface area contributed by atoms with E-state index >= 15 is 0 Å². The van der Waals surface area contributed by atoms with E-state index < -0.39 is 4.92 Å². The molecule has 5 rings (SSSR count). The van der Waals surface area contributed by atoms with Gasteiger partial charge in [0.1, 0.15) is 11.5 Å². The molecule has 9 heteroatoms. The molecule has 0 radical (unpaired) electrons. The summed E-state index contributed by atoms with van der Waals surface area (Å²) in [5, 5.41) is 11.7. The molecule has 34 heavy (non-hydrogen) atoms. The highest BCUT2D eigenvalue weighted by atomic mass is 32.2. The first-order valence-electron chi connectivity index (χ1n) is 10.9. The number of nitro groups is 1. The van der Waals surface area contributed by atoms with Crippen LogP contribution in [0, 0.1) is 17.0 Å². The van der Waals surface area contributed by atoms with Crippen LogP contribution in [0.2, 0.25) is 0 Å². The van der Waals surface area contributed by atoms with E-state index in [1.165, 1.54) is 35.1 Å². The molecule has 2 aliphatic heterocycles. The third-order valence-corrected chi connectivity index (χ3v) is 6.90. The van der Waals surface area contributed by atoms with E-state index in [1.807, 2.05) is 6.07 Å². The number of amidine groups is 1. The Morgan fingerprint density at radius 2 is 1.79 bits per heavy atom. The molecule has 3 heterocycles. The molecule has 1 amide bonds. The topological polar surface area (TPSA) is 92.2 Å². The number of para-hydroxylation sites is 1. The zero-order valence-electron chi connectivity index (χ0n) is 18.5. The van der Waals surface area contributed by atoms with Crippen LogP contribution in [0.5, 0.6) is 0 Å². The molecule has 0 saturated carbocycles. The van der Waals surface area contributed by atoms with Crippen molar-refractivity contribution in [3.63, 3.8) is 0 Å². The molecule has 2 aliphatic rings. The van der Waals surface area contributed by atoms with Gasteiger partial charge in [-0.15, -0.1) is 0 Å². The molecule has 8 nitrogen and oxygen atoms in total. The Labute approximate surface area is 200 Å². The van der Waals surface area contributed by atoms with Crippen LogP contribution in [-0.4, -0.2) is 47.1 Å². The number of non-ortho nitro benzene ring substituents is 1. The standard InChI is InChI=1S/C25H22N4O4S/c1-17-5-2-3-8-21(17)27-11-13-28(14-12-27)25-26-24(30)23(34-25)16-20-9-10-22(33-20)18-6-4-7-19(15-18)29(31)32/h2-10,15-16H,11-14H2,1H3/b23-16+. The summed E-state index contributed by atoms with van der Waals surface area (Å²) in [4.78, 5) is 32.4. The van der Waals surface area contributed by atoms with Crippen molar-refractivity contribution in [2.75, 3.05) is 31.1 Å². The second kappa shape index (κ2) is 9.18. The predicted octanol–water partition coefficient (Wildman–Crippen LogP) is 4.96. The van der Waals surface area contributed by atoms with Gasteiger partial charge >= 0.3 is 0 Å². The normalized spacial score (nSPS) is 17.4. The molecule has 0 N–H and O–H groups in total. The average molecular weight is 475 g/mol. The Morgan fingerprint density at radius 1 is 1.03 bits per heavy atom. The number of benzene rings is 2. The van der Waals surface area contributed by atoms with Crippen molar-refractivity contribution < 1.29 is 14.1 Å². The van der Waals surface area contributed by atoms with Crippen molar-refractivity contribution in [1.29, 1.82) is 0 Å². The number of carbonyl (C=O) groups excluding carboxylic acids is 1. The van der Waals surface area contributed by atoms with E-state index in [2.05, 4.69) is 39.9 Å². The zero-order chi connectivity index (χ0) is 23.7. The minimum absolute atomic E-state index is 0.00380. The molecule has 0 unspecified atom stereocenters. The Hall–Kier alpha value is -3.85. The molecule has 1 fully saturated rings. The Morgan fingerprint density at radius 3 is 2.56 bits per heavy atom. The van der Waals surface area contributed by atoms with E-state index in [0.717, 1.165) is 26.2 Å². The molecule has 1 aromatic heterocycles. The summed E-state index contributed by atoms with van der Waals surface area (Å²) in [5.74, 6) is 0.715. The van der Waals surface area contributed by atoms with Gasteiger partial charge in [-0.2, -0.15) is 4.99 Å². The average Bonchev–Trinajstić information content (AvgIpc) is 3.47. The van der Waals surface area contributed by atoms with Crippen LogP contribution in [0.15, 0.2) is 75.0 Å². The van der Waals surface area contributed by atoms with Gasteiger partial charge in [0.25, 0.3) is 11.6 Å². The van der Waals surface area contributed by atoms with E-state index in [9.17, 15) is 14.9 Å². The van der Waals surface area contributed by atoms with Gasteiger partial charge in [0.15, 0.2) is 5.17 Å². The molecule has 0 atom stereocenters. The summed E-state index contributed by atoms with van der Waals surface area (Å²) in [6.07, 6.45) is 1.67. The number of piperazine rings is 1. The van der Waals surface area contributed by atoms with Crippen LogP contribution < -0.4 is 4.90 Å². The van der Waals surface area contributed by atoms with E-state index in [1.54, 1.807) is 30.3 Å². The Bertz CT molecular complexity index is 1320. The number of hydrogen-bond donors (Lipinski definition) is 0. The smallest absolute Gasteiger partial charge is 0.286 e. The van der Waals surface area contributed by atoms with Gasteiger partial charge in [-0.05, 0) is 42.4 Å². The minimum Gasteiger partial charge on any atom is -0.457 e. The lowest BCUT2D eigenvalue weighted by Crippen LogP contribution is -2.48. The molecular weight excluding hydrogens is 452 g/mol. The number of anilines is 1. The first-order chi connectivity index (χ1) is 16.5. The molecule has 0 spiro atoms. The van der Waals surface area contributed by atoms with Crippen molar-refractivity contribution in [1.82, 2.24) is 4.90 Å². The van der Waals surface area contributed by atoms with Gasteiger partial charge < -0.3 is 14.2 Å². The third-order valence-electron chi connectivity index (χ3n) is 5.86. The van der Waals surface area contributed by atoms with Crippen LogP contribution in [0.25, 0.3) is 17.4 Å². The van der Waals surface area contributed by atoms with Gasteiger partial charge in [-0.3, -0.25) is 14.9 Å². The van der Waals surface area contributed by atoms with Gasteiger partial charge in [0, 0.05) is 55.6 Å². The number of hydrogen-bond acceptors (Lipinski definition) is 7. The van der Waals surface area contributed by atoms with E-state index in [-0.39, 0.29) is 11.6 Å². The zero-order valence-corrected chi connectivity index (χ0v) is 19.3. The van der Waals surface area contributed by atoms with Crippen LogP contribution in [-0.2, 0) is 4.79 Å². The van der Waals surface area contributed by atoms with Crippen molar-refractivity contribution in [2.24, 2.45) is 4.99 Å². The van der Waals surface area contributed by atoms with Crippen molar-refractivity contribution in [3.05, 3.63) is 87.0 Å². The van der Waals surface area contributed by atoms with E-state index in [0.29, 0.717) is 27.2 Å². The number of carbonyl (C=O) groups is 1. The molecule has 2 aromatic carbocycles. The lowest BCUT2D eigenvalue weighted by atomic mass is 10.1. The van der Waals surface area contributed by atoms with Gasteiger partial charge in [0.2, 0.25) is 0 Å². The summed E-state index contributed by atoms with van der Waals surface area (Å²) in [6.45, 7) is 5.43. The SMILES string of the molecule is Cc1ccccc1N1CCN(C2=NC(=O)/C(=C\c3ccc(-c4cccc([N+](=O)[O-])c4)o3)S2)CC1. The highest BCUT2D eigenvalue weighted by Crippen LogP contribution is 2.33. The Kier molecular flexibility index (Phi) is 5.93. The lowest BCUT2D eigenvalue weighted by molar-refractivity contribution is -0.384. The number of aliphatic imine (C=N–C) groups is 1. The monoisotopic (exact) mass is 474 g/mol. The maximum Gasteiger partial charge on any atom is 0.286 e. The summed E-state index contributed by atoms with van der Waals surface area (Å²) >= 11 is 1.35. The third kappa shape index (κ3) is 4.47. The minimum atomic E-state index is -0.442. The summed E-state index contributed by atoms with van der Waals surface area (Å²) in [7, 11) is 0. The first-order valence-corrected chi connectivity index (χ1v) is 11.7. The fraction of sp³-hybridized carbons (Fsp3) is 0.200. The fourth-order valence-corrected chi connectivity index (χ4v) is 5.02. The highest BCUT2D eigenvalue weighted by Gasteiger charge is 2.29. The van der Waals surface area contributed by atoms with Crippen LogP contribution in [0.1, 0.15) is 11.3 Å². The number of nitrogens with zero attached hydrogens (tertiary/aromatic N) is 4. The largest absolute Gasteiger partial charge is 0.457 e. The van der Waals surface area contributed by atoms with Gasteiger partial charge in [-0.25, -0.2) is 0 Å². The van der Waals surface area contributed by atoms with E-state index in [4.69, 9.17) is 4.42 Å². The highest BCUT2D eigenvalue weighted by molar-refractivity contribution is 8.18. The predicted molar refractivity (Wildman–Crippen MR) is 134 cm³/mol. The number of amides is 1. The molecule has 0 bridgehead atoms.